The molecule has 2 saturated carbocycles. The lowest BCUT2D eigenvalue weighted by Crippen LogP contribution is -2.40. The Hall–Kier alpha value is -1.18. The number of fused-ring (bicyclic) bond motifs is 5. The quantitative estimate of drug-likeness (QED) is 0.633. The average molecular weight is 326 g/mol. The van der Waals surface area contributed by atoms with Crippen molar-refractivity contribution >= 4 is 11.6 Å². The van der Waals surface area contributed by atoms with Gasteiger partial charge in [-0.25, -0.2) is 0 Å². The monoisotopic (exact) mass is 326 g/mol. The summed E-state index contributed by atoms with van der Waals surface area (Å²) in [6.45, 7) is 6.59. The van der Waals surface area contributed by atoms with E-state index in [1.165, 1.54) is 31.3 Å². The van der Waals surface area contributed by atoms with Crippen molar-refractivity contribution in [2.24, 2.45) is 28.6 Å². The van der Waals surface area contributed by atoms with Crippen LogP contribution in [0.3, 0.4) is 0 Å². The Bertz CT molecular complexity index is 655. The Morgan fingerprint density at radius 2 is 1.92 bits per heavy atom. The van der Waals surface area contributed by atoms with Crippen molar-refractivity contribution in [2.75, 3.05) is 0 Å². The zero-order chi connectivity index (χ0) is 17.1. The van der Waals surface area contributed by atoms with E-state index in [9.17, 15) is 9.59 Å². The molecular formula is C22H30O2. The molecule has 0 amide bonds. The second-order valence-corrected chi connectivity index (χ2v) is 9.21. The largest absolute Gasteiger partial charge is 0.300 e. The van der Waals surface area contributed by atoms with Gasteiger partial charge in [0, 0.05) is 12.3 Å². The van der Waals surface area contributed by atoms with Crippen molar-refractivity contribution in [3.8, 4) is 0 Å². The van der Waals surface area contributed by atoms with Gasteiger partial charge in [-0.1, -0.05) is 37.5 Å². The van der Waals surface area contributed by atoms with Gasteiger partial charge in [0.05, 0.1) is 0 Å². The normalized spacial score (nSPS) is 44.6. The van der Waals surface area contributed by atoms with Gasteiger partial charge >= 0.3 is 0 Å². The maximum absolute atomic E-state index is 12.2. The van der Waals surface area contributed by atoms with E-state index in [1.54, 1.807) is 12.5 Å². The molecule has 0 heterocycles. The van der Waals surface area contributed by atoms with Crippen LogP contribution in [0.15, 0.2) is 23.3 Å². The second kappa shape index (κ2) is 5.41. The topological polar surface area (TPSA) is 34.1 Å². The molecule has 2 nitrogen and oxygen atoms in total. The highest BCUT2D eigenvalue weighted by Gasteiger charge is 2.55. The molecule has 130 valence electrons. The van der Waals surface area contributed by atoms with Gasteiger partial charge in [-0.3, -0.25) is 9.59 Å². The molecule has 1 unspecified atom stereocenters. The van der Waals surface area contributed by atoms with E-state index in [2.05, 4.69) is 19.9 Å². The van der Waals surface area contributed by atoms with Gasteiger partial charge in [0.25, 0.3) is 0 Å². The van der Waals surface area contributed by atoms with Gasteiger partial charge in [-0.05, 0) is 74.2 Å². The molecule has 0 aromatic carbocycles. The molecule has 4 aliphatic carbocycles. The molecule has 0 aromatic heterocycles. The predicted molar refractivity (Wildman–Crippen MR) is 95.5 cm³/mol. The molecule has 2 heteroatoms. The van der Waals surface area contributed by atoms with E-state index >= 15 is 0 Å². The summed E-state index contributed by atoms with van der Waals surface area (Å²) in [5.41, 5.74) is 3.36. The van der Waals surface area contributed by atoms with Crippen molar-refractivity contribution in [3.05, 3.63) is 23.3 Å². The van der Waals surface area contributed by atoms with Gasteiger partial charge in [0.1, 0.15) is 5.78 Å². The van der Waals surface area contributed by atoms with E-state index in [4.69, 9.17) is 0 Å². The number of ketones is 2. The lowest BCUT2D eigenvalue weighted by atomic mass is 9.56. The highest BCUT2D eigenvalue weighted by Crippen LogP contribution is 2.63. The maximum Gasteiger partial charge on any atom is 0.155 e. The molecule has 0 saturated heterocycles. The number of carbonyl (C=O) groups is 2. The summed E-state index contributed by atoms with van der Waals surface area (Å²) in [7, 11) is 0. The van der Waals surface area contributed by atoms with Crippen molar-refractivity contribution < 1.29 is 9.59 Å². The highest BCUT2D eigenvalue weighted by molar-refractivity contribution is 5.91. The van der Waals surface area contributed by atoms with Gasteiger partial charge in [-0.2, -0.15) is 0 Å². The van der Waals surface area contributed by atoms with E-state index in [0.717, 1.165) is 19.3 Å². The molecule has 2 fully saturated rings. The Morgan fingerprint density at radius 3 is 2.67 bits per heavy atom. The van der Waals surface area contributed by atoms with Crippen LogP contribution >= 0.6 is 0 Å². The Morgan fingerprint density at radius 1 is 1.12 bits per heavy atom. The zero-order valence-electron chi connectivity index (χ0n) is 15.4. The minimum absolute atomic E-state index is 0.161. The number of carbonyl (C=O) groups excluding carboxylic acids is 2. The van der Waals surface area contributed by atoms with Crippen LogP contribution in [0.25, 0.3) is 0 Å². The van der Waals surface area contributed by atoms with E-state index in [0.29, 0.717) is 29.8 Å². The summed E-state index contributed by atoms with van der Waals surface area (Å²) < 4.78 is 0. The Kier molecular flexibility index (Phi) is 3.67. The summed E-state index contributed by atoms with van der Waals surface area (Å²) in [6.07, 6.45) is 13.0. The van der Waals surface area contributed by atoms with Crippen LogP contribution in [0.1, 0.15) is 72.1 Å². The molecule has 4 rings (SSSR count). The van der Waals surface area contributed by atoms with Crippen molar-refractivity contribution in [1.29, 1.82) is 0 Å². The molecule has 0 N–H and O–H groups in total. The third-order valence-corrected chi connectivity index (χ3v) is 8.13. The molecule has 0 aromatic rings. The minimum Gasteiger partial charge on any atom is -0.300 e. The molecule has 0 aliphatic heterocycles. The smallest absolute Gasteiger partial charge is 0.155 e. The molecule has 0 radical (unpaired) electrons. The van der Waals surface area contributed by atoms with Crippen LogP contribution < -0.4 is 0 Å². The number of hydrogen-bond donors (Lipinski definition) is 0. The highest BCUT2D eigenvalue weighted by atomic mass is 16.1. The molecule has 0 spiro atoms. The lowest BCUT2D eigenvalue weighted by Gasteiger charge is -2.48. The second-order valence-electron chi connectivity index (χ2n) is 9.21. The van der Waals surface area contributed by atoms with E-state index in [1.807, 2.05) is 6.08 Å². The Balaban J connectivity index is 1.76. The number of Topliss-reactive ketones (excluding diaryl/α,β-unsaturated/α-hetero) is 1. The summed E-state index contributed by atoms with van der Waals surface area (Å²) in [4.78, 5) is 24.1. The van der Waals surface area contributed by atoms with Crippen molar-refractivity contribution in [3.63, 3.8) is 0 Å². The summed E-state index contributed by atoms with van der Waals surface area (Å²) in [6, 6.07) is 0. The van der Waals surface area contributed by atoms with Crippen molar-refractivity contribution in [2.45, 2.75) is 72.1 Å². The molecule has 4 aliphatic rings. The lowest BCUT2D eigenvalue weighted by molar-refractivity contribution is -0.124. The van der Waals surface area contributed by atoms with Crippen LogP contribution in [0.2, 0.25) is 0 Å². The zero-order valence-corrected chi connectivity index (χ0v) is 15.4. The van der Waals surface area contributed by atoms with Crippen LogP contribution in [0, 0.1) is 28.6 Å². The first-order chi connectivity index (χ1) is 11.4. The number of allylic oxidation sites excluding steroid dienone is 4. The first-order valence-electron chi connectivity index (χ1n) is 9.80. The summed E-state index contributed by atoms with van der Waals surface area (Å²) >= 11 is 0. The van der Waals surface area contributed by atoms with Crippen LogP contribution in [-0.4, -0.2) is 11.6 Å². The Labute approximate surface area is 145 Å². The fourth-order valence-electron chi connectivity index (χ4n) is 6.76. The molecule has 0 bridgehead atoms. The first kappa shape index (κ1) is 16.3. The standard InChI is InChI=1S/C22H30O2/c1-14(23)18-8-9-20-17-7-6-15-13-16(24)10-12-21(15,2)19(17)5-4-11-22(18,20)3/h7,13,18-20H,4-6,8-12H2,1-3H3/t18-,19?,20+,21-,22-/m1/s1. The van der Waals surface area contributed by atoms with Crippen molar-refractivity contribution in [1.82, 2.24) is 0 Å². The SMILES string of the molecule is CC(=O)[C@H]1CC[C@H]2C3=CCC4=CC(=O)CC[C@@]4(C)C3CCC[C@]12C. The first-order valence-corrected chi connectivity index (χ1v) is 9.80. The fraction of sp³-hybridized carbons (Fsp3) is 0.727. The maximum atomic E-state index is 12.2. The van der Waals surface area contributed by atoms with Gasteiger partial charge < -0.3 is 0 Å². The van der Waals surface area contributed by atoms with Crippen LogP contribution in [-0.2, 0) is 9.59 Å². The molecule has 5 atom stereocenters. The number of hydrogen-bond acceptors (Lipinski definition) is 2. The molecular weight excluding hydrogens is 296 g/mol. The summed E-state index contributed by atoms with van der Waals surface area (Å²) in [5.74, 6) is 2.12. The van der Waals surface area contributed by atoms with Crippen LogP contribution in [0.5, 0.6) is 0 Å². The molecule has 24 heavy (non-hydrogen) atoms. The summed E-state index contributed by atoms with van der Waals surface area (Å²) in [5, 5.41) is 0. The van der Waals surface area contributed by atoms with Gasteiger partial charge in [-0.15, -0.1) is 0 Å². The fourth-order valence-corrected chi connectivity index (χ4v) is 6.76. The van der Waals surface area contributed by atoms with Gasteiger partial charge in [0.2, 0.25) is 0 Å². The van der Waals surface area contributed by atoms with Gasteiger partial charge in [0.15, 0.2) is 5.78 Å². The number of rotatable bonds is 1. The third-order valence-electron chi connectivity index (χ3n) is 8.13. The predicted octanol–water partition coefficient (Wildman–Crippen LogP) is 5.03. The van der Waals surface area contributed by atoms with E-state index < -0.39 is 0 Å². The van der Waals surface area contributed by atoms with E-state index in [-0.39, 0.29) is 16.7 Å². The van der Waals surface area contributed by atoms with Crippen LogP contribution in [0.4, 0.5) is 0 Å². The minimum atomic E-state index is 0.161. The average Bonchev–Trinajstić information content (AvgIpc) is 2.79. The third kappa shape index (κ3) is 2.14.